The molecule has 3 heteroatoms. The summed E-state index contributed by atoms with van der Waals surface area (Å²) in [5.41, 5.74) is 0. The van der Waals surface area contributed by atoms with Gasteiger partial charge >= 0.3 is 161 Å². The normalized spacial score (nSPS) is 12.9. The third kappa shape index (κ3) is 3.22. The van der Waals surface area contributed by atoms with E-state index in [1.54, 1.807) is 0 Å². The molecule has 0 radical (unpaired) electrons. The summed E-state index contributed by atoms with van der Waals surface area (Å²) in [5, 5.41) is 3.13. The van der Waals surface area contributed by atoms with Crippen molar-refractivity contribution in [2.75, 3.05) is 6.16 Å². The van der Waals surface area contributed by atoms with Gasteiger partial charge in [0.2, 0.25) is 0 Å². The summed E-state index contributed by atoms with van der Waals surface area (Å²) in [6, 6.07) is 30.5. The third-order valence-corrected chi connectivity index (χ3v) is 12.1. The molecule has 0 saturated heterocycles. The molecule has 0 unspecified atom stereocenters. The third-order valence-electron chi connectivity index (χ3n) is 4.89. The van der Waals surface area contributed by atoms with Crippen LogP contribution in [0.5, 0.6) is 0 Å². The van der Waals surface area contributed by atoms with E-state index in [9.17, 15) is 4.79 Å². The van der Waals surface area contributed by atoms with Gasteiger partial charge < -0.3 is 0 Å². The van der Waals surface area contributed by atoms with Crippen LogP contribution in [0.4, 0.5) is 0 Å². The summed E-state index contributed by atoms with van der Waals surface area (Å²) in [6.45, 7) is 2.04. The summed E-state index contributed by atoms with van der Waals surface area (Å²) < 4.78 is 0. The molecule has 0 spiro atoms. The van der Waals surface area contributed by atoms with Gasteiger partial charge in [-0.15, -0.1) is 0 Å². The van der Waals surface area contributed by atoms with Gasteiger partial charge in [0.1, 0.15) is 0 Å². The van der Waals surface area contributed by atoms with Crippen LogP contribution in [0.1, 0.15) is 19.8 Å². The Labute approximate surface area is 160 Å². The molecular formula is C23H24ClOP. The first kappa shape index (κ1) is 18.8. The average Bonchev–Trinajstić information content (AvgIpc) is 2.70. The molecule has 1 nitrogen and oxygen atoms in total. The van der Waals surface area contributed by atoms with Gasteiger partial charge in [0.25, 0.3) is 0 Å². The molecule has 0 atom stereocenters. The maximum atomic E-state index is 12.9. The standard InChI is InChI=1S/C23H24ClOP/c1-2-12-20(25)19-26(24,21-13-6-3-7-14-21,22-15-8-4-9-16-22)23-17-10-5-11-18-23/h3-11,13-18H,2,12,19H2,1H3. The van der Waals surface area contributed by atoms with Crippen molar-refractivity contribution in [3.05, 3.63) is 91.0 Å². The van der Waals surface area contributed by atoms with Gasteiger partial charge in [-0.1, -0.05) is 0 Å². The van der Waals surface area contributed by atoms with Crippen molar-refractivity contribution in [1.29, 1.82) is 0 Å². The zero-order chi connectivity index (χ0) is 18.5. The molecule has 0 bridgehead atoms. The van der Waals surface area contributed by atoms with Crippen LogP contribution in [0, 0.1) is 0 Å². The predicted octanol–water partition coefficient (Wildman–Crippen LogP) is 5.04. The van der Waals surface area contributed by atoms with Gasteiger partial charge in [0.05, 0.1) is 0 Å². The Kier molecular flexibility index (Phi) is 5.61. The van der Waals surface area contributed by atoms with Crippen molar-refractivity contribution in [3.63, 3.8) is 0 Å². The van der Waals surface area contributed by atoms with Crippen molar-refractivity contribution in [3.8, 4) is 0 Å². The van der Waals surface area contributed by atoms with Gasteiger partial charge in [-0.3, -0.25) is 0 Å². The Balaban J connectivity index is 2.37. The van der Waals surface area contributed by atoms with Crippen LogP contribution < -0.4 is 15.9 Å². The van der Waals surface area contributed by atoms with Gasteiger partial charge in [0, 0.05) is 0 Å². The second-order valence-corrected chi connectivity index (χ2v) is 13.1. The zero-order valence-electron chi connectivity index (χ0n) is 15.0. The van der Waals surface area contributed by atoms with E-state index in [-0.39, 0.29) is 5.78 Å². The molecule has 3 rings (SSSR count). The van der Waals surface area contributed by atoms with Crippen LogP contribution in [-0.2, 0) is 4.79 Å². The molecule has 0 aromatic heterocycles. The first-order chi connectivity index (χ1) is 12.6. The number of rotatable bonds is 7. The van der Waals surface area contributed by atoms with Gasteiger partial charge in [-0.2, -0.15) is 0 Å². The number of hydrogen-bond acceptors (Lipinski definition) is 1. The summed E-state index contributed by atoms with van der Waals surface area (Å²) in [6.07, 6.45) is 1.73. The van der Waals surface area contributed by atoms with E-state index < -0.39 is 5.96 Å². The maximum absolute atomic E-state index is 12.9. The number of hydrogen-bond donors (Lipinski definition) is 0. The van der Waals surface area contributed by atoms with Crippen LogP contribution in [0.3, 0.4) is 0 Å². The molecule has 0 heterocycles. The van der Waals surface area contributed by atoms with Crippen molar-refractivity contribution in [2.45, 2.75) is 19.8 Å². The van der Waals surface area contributed by atoms with Gasteiger partial charge in [-0.05, 0) is 0 Å². The SMILES string of the molecule is CCCC(=O)CP(Cl)(c1ccccc1)(c1ccccc1)c1ccccc1. The zero-order valence-corrected chi connectivity index (χ0v) is 16.7. The van der Waals surface area contributed by atoms with Crippen molar-refractivity contribution in [1.82, 2.24) is 0 Å². The molecule has 0 aliphatic carbocycles. The second kappa shape index (κ2) is 7.74. The molecule has 0 aliphatic rings. The van der Waals surface area contributed by atoms with E-state index in [0.717, 1.165) is 22.3 Å². The molecule has 134 valence electrons. The monoisotopic (exact) mass is 382 g/mol. The fourth-order valence-corrected chi connectivity index (χ4v) is 9.68. The Morgan fingerprint density at radius 1 is 0.731 bits per heavy atom. The van der Waals surface area contributed by atoms with Crippen molar-refractivity contribution < 1.29 is 4.79 Å². The fourth-order valence-electron chi connectivity index (χ4n) is 3.63. The Bertz CT molecular complexity index is 763. The van der Waals surface area contributed by atoms with E-state index in [0.29, 0.717) is 12.6 Å². The van der Waals surface area contributed by atoms with Gasteiger partial charge in [0.15, 0.2) is 0 Å². The summed E-state index contributed by atoms with van der Waals surface area (Å²) in [5.74, 6) is -3.19. The van der Waals surface area contributed by atoms with E-state index in [2.05, 4.69) is 36.4 Å². The number of benzene rings is 3. The summed E-state index contributed by atoms with van der Waals surface area (Å²) >= 11 is 7.81. The summed E-state index contributed by atoms with van der Waals surface area (Å²) in [7, 11) is 0. The quantitative estimate of drug-likeness (QED) is 0.523. The minimum absolute atomic E-state index is 0.219. The molecule has 0 N–H and O–H groups in total. The Morgan fingerprint density at radius 2 is 1.08 bits per heavy atom. The minimum atomic E-state index is -3.41. The van der Waals surface area contributed by atoms with E-state index in [4.69, 9.17) is 11.2 Å². The number of ketones is 1. The number of halogens is 1. The molecule has 0 fully saturated rings. The molecule has 3 aromatic rings. The fraction of sp³-hybridized carbons (Fsp3) is 0.174. The topological polar surface area (TPSA) is 17.1 Å². The Morgan fingerprint density at radius 3 is 1.38 bits per heavy atom. The molecule has 26 heavy (non-hydrogen) atoms. The predicted molar refractivity (Wildman–Crippen MR) is 116 cm³/mol. The van der Waals surface area contributed by atoms with Crippen molar-refractivity contribution >= 4 is 38.9 Å². The number of carbonyl (C=O) groups excluding carboxylic acids is 1. The van der Waals surface area contributed by atoms with Crippen LogP contribution in [0.25, 0.3) is 0 Å². The van der Waals surface area contributed by atoms with Crippen molar-refractivity contribution in [2.24, 2.45) is 0 Å². The number of carbonyl (C=O) groups is 1. The van der Waals surface area contributed by atoms with Crippen LogP contribution in [0.15, 0.2) is 91.0 Å². The van der Waals surface area contributed by atoms with Gasteiger partial charge in [-0.25, -0.2) is 0 Å². The average molecular weight is 383 g/mol. The summed E-state index contributed by atoms with van der Waals surface area (Å²) in [4.78, 5) is 12.9. The second-order valence-electron chi connectivity index (χ2n) is 6.64. The van der Waals surface area contributed by atoms with Crippen LogP contribution in [-0.4, -0.2) is 11.9 Å². The first-order valence-corrected chi connectivity index (χ1v) is 12.3. The first-order valence-electron chi connectivity index (χ1n) is 9.01. The molecular weight excluding hydrogens is 359 g/mol. The van der Waals surface area contributed by atoms with Crippen LogP contribution >= 0.6 is 17.2 Å². The van der Waals surface area contributed by atoms with E-state index >= 15 is 0 Å². The van der Waals surface area contributed by atoms with E-state index in [1.165, 1.54) is 0 Å². The Hall–Kier alpha value is -1.95. The molecule has 0 aliphatic heterocycles. The van der Waals surface area contributed by atoms with E-state index in [1.807, 2.05) is 61.5 Å². The number of Topliss-reactive ketones (excluding diaryl/α,β-unsaturated/α-hetero) is 1. The molecule has 3 aromatic carbocycles. The molecule has 0 saturated carbocycles. The molecule has 0 amide bonds. The van der Waals surface area contributed by atoms with Crippen LogP contribution in [0.2, 0.25) is 0 Å².